The summed E-state index contributed by atoms with van der Waals surface area (Å²) in [5.74, 6) is -0.413. The molecule has 0 unspecified atom stereocenters. The van der Waals surface area contributed by atoms with Crippen LogP contribution in [0.2, 0.25) is 0 Å². The predicted octanol–water partition coefficient (Wildman–Crippen LogP) is 4.97. The molecule has 2 aromatic heterocycles. The molecule has 0 amide bonds. The summed E-state index contributed by atoms with van der Waals surface area (Å²) in [6, 6.07) is 12.2. The molecule has 0 spiro atoms. The first-order valence-electron chi connectivity index (χ1n) is 9.62. The number of ether oxygens (including phenoxy) is 1. The van der Waals surface area contributed by atoms with Crippen LogP contribution in [0.4, 0.5) is 28.1 Å². The second-order valence-corrected chi connectivity index (χ2v) is 7.75. The molecule has 0 saturated carbocycles. The number of hydrogen-bond donors (Lipinski definition) is 2. The van der Waals surface area contributed by atoms with E-state index in [0.29, 0.717) is 16.4 Å². The molecule has 0 aliphatic carbocycles. The molecule has 0 aliphatic rings. The van der Waals surface area contributed by atoms with Crippen molar-refractivity contribution < 1.29 is 14.5 Å². The zero-order valence-corrected chi connectivity index (χ0v) is 18.0. The van der Waals surface area contributed by atoms with Crippen LogP contribution in [0, 0.1) is 17.0 Å². The van der Waals surface area contributed by atoms with Crippen LogP contribution in [0.3, 0.4) is 0 Å². The van der Waals surface area contributed by atoms with Crippen molar-refractivity contribution in [1.82, 2.24) is 15.0 Å². The van der Waals surface area contributed by atoms with E-state index in [2.05, 4.69) is 25.6 Å². The van der Waals surface area contributed by atoms with Gasteiger partial charge in [-0.3, -0.25) is 10.1 Å². The van der Waals surface area contributed by atoms with Gasteiger partial charge in [-0.25, -0.2) is 19.7 Å². The van der Waals surface area contributed by atoms with E-state index in [0.717, 1.165) is 15.8 Å². The Morgan fingerprint density at radius 1 is 1.12 bits per heavy atom. The molecule has 4 aromatic rings. The number of nitro groups is 1. The van der Waals surface area contributed by atoms with Crippen LogP contribution >= 0.6 is 11.3 Å². The average Bonchev–Trinajstić information content (AvgIpc) is 3.15. The third kappa shape index (κ3) is 4.47. The van der Waals surface area contributed by atoms with Gasteiger partial charge in [-0.05, 0) is 55.8 Å². The van der Waals surface area contributed by atoms with Crippen molar-refractivity contribution in [3.8, 4) is 0 Å². The van der Waals surface area contributed by atoms with Crippen LogP contribution in [0.15, 0.2) is 48.8 Å². The van der Waals surface area contributed by atoms with E-state index in [9.17, 15) is 14.9 Å². The molecule has 2 heterocycles. The Morgan fingerprint density at radius 3 is 2.53 bits per heavy atom. The molecule has 0 fully saturated rings. The number of aromatic nitrogens is 3. The lowest BCUT2D eigenvalue weighted by Crippen LogP contribution is -2.06. The van der Waals surface area contributed by atoms with Crippen molar-refractivity contribution >= 4 is 55.7 Å². The fourth-order valence-electron chi connectivity index (χ4n) is 2.96. The van der Waals surface area contributed by atoms with Crippen LogP contribution in [-0.4, -0.2) is 32.5 Å². The Balaban J connectivity index is 1.61. The quantitative estimate of drug-likeness (QED) is 0.227. The summed E-state index contributed by atoms with van der Waals surface area (Å²) in [6.45, 7) is 3.98. The minimum atomic E-state index is -0.560. The molecule has 4 rings (SSSR count). The number of nitrogens with zero attached hydrogens (tertiary/aromatic N) is 4. The summed E-state index contributed by atoms with van der Waals surface area (Å²) < 4.78 is 5.92. The predicted molar refractivity (Wildman–Crippen MR) is 122 cm³/mol. The third-order valence-electron chi connectivity index (χ3n) is 4.43. The summed E-state index contributed by atoms with van der Waals surface area (Å²) in [5, 5.41) is 18.2. The molecular formula is C21H18N6O4S. The van der Waals surface area contributed by atoms with Crippen molar-refractivity contribution in [3.05, 3.63) is 70.0 Å². The molecule has 0 aliphatic heterocycles. The lowest BCUT2D eigenvalue weighted by atomic mass is 10.2. The fourth-order valence-corrected chi connectivity index (χ4v) is 3.93. The van der Waals surface area contributed by atoms with E-state index in [1.165, 1.54) is 17.7 Å². The van der Waals surface area contributed by atoms with E-state index >= 15 is 0 Å². The zero-order chi connectivity index (χ0) is 22.7. The normalized spacial score (nSPS) is 10.7. The maximum atomic E-state index is 11.8. The van der Waals surface area contributed by atoms with E-state index in [4.69, 9.17) is 4.74 Å². The minimum Gasteiger partial charge on any atom is -0.462 e. The Bertz CT molecular complexity index is 1310. The minimum absolute atomic E-state index is 0.00772. The monoisotopic (exact) mass is 450 g/mol. The largest absolute Gasteiger partial charge is 0.462 e. The topological polar surface area (TPSA) is 132 Å². The molecule has 10 nitrogen and oxygen atoms in total. The first-order valence-corrected chi connectivity index (χ1v) is 10.4. The summed E-state index contributed by atoms with van der Waals surface area (Å²) in [5.41, 5.74) is 2.46. The van der Waals surface area contributed by atoms with Crippen LogP contribution < -0.4 is 10.6 Å². The second kappa shape index (κ2) is 8.94. The van der Waals surface area contributed by atoms with E-state index in [1.807, 2.05) is 25.1 Å². The number of carbonyl (C=O) groups is 1. The van der Waals surface area contributed by atoms with Crippen LogP contribution in [-0.2, 0) is 4.74 Å². The Kier molecular flexibility index (Phi) is 5.90. The molecule has 0 atom stereocenters. The van der Waals surface area contributed by atoms with Crippen molar-refractivity contribution in [3.63, 3.8) is 0 Å². The second-order valence-electron chi connectivity index (χ2n) is 6.71. The van der Waals surface area contributed by atoms with Gasteiger partial charge in [-0.15, -0.1) is 0 Å². The van der Waals surface area contributed by atoms with E-state index in [-0.39, 0.29) is 23.9 Å². The van der Waals surface area contributed by atoms with Gasteiger partial charge in [0.05, 0.1) is 27.3 Å². The number of hydrogen-bond acceptors (Lipinski definition) is 10. The number of rotatable bonds is 7. The number of aryl methyl sites for hydroxylation is 1. The van der Waals surface area contributed by atoms with Crippen molar-refractivity contribution in [1.29, 1.82) is 0 Å². The standard InChI is InChI=1S/C21H18N6O4S/c1-3-31-20(28)13-5-7-14(8-6-13)24-18-17(27(29)30)19(23-11-22-18)26-21-25-15-9-4-12(2)10-16(15)32-21/h4-11H,3H2,1-2H3,(H2,22,23,24,25,26). The smallest absolute Gasteiger partial charge is 0.353 e. The van der Waals surface area contributed by atoms with Gasteiger partial charge in [0.1, 0.15) is 6.33 Å². The van der Waals surface area contributed by atoms with Gasteiger partial charge in [-0.1, -0.05) is 17.4 Å². The maximum Gasteiger partial charge on any atom is 0.353 e. The number of carbonyl (C=O) groups excluding carboxylic acids is 1. The Hall–Kier alpha value is -4.12. The van der Waals surface area contributed by atoms with Gasteiger partial charge in [0, 0.05) is 5.69 Å². The van der Waals surface area contributed by atoms with Gasteiger partial charge >= 0.3 is 11.7 Å². The van der Waals surface area contributed by atoms with E-state index < -0.39 is 10.9 Å². The SMILES string of the molecule is CCOC(=O)c1ccc(Nc2ncnc(Nc3nc4ccc(C)cc4s3)c2[N+](=O)[O-])cc1. The highest BCUT2D eigenvalue weighted by Gasteiger charge is 2.24. The van der Waals surface area contributed by atoms with Crippen molar-refractivity contribution in [2.75, 3.05) is 17.2 Å². The molecule has 0 saturated heterocycles. The van der Waals surface area contributed by atoms with Crippen LogP contribution in [0.1, 0.15) is 22.8 Å². The van der Waals surface area contributed by atoms with Crippen molar-refractivity contribution in [2.45, 2.75) is 13.8 Å². The van der Waals surface area contributed by atoms with Gasteiger partial charge in [0.15, 0.2) is 5.13 Å². The summed E-state index contributed by atoms with van der Waals surface area (Å²) in [4.78, 5) is 35.6. The highest BCUT2D eigenvalue weighted by atomic mass is 32.1. The summed E-state index contributed by atoms with van der Waals surface area (Å²) in [7, 11) is 0. The summed E-state index contributed by atoms with van der Waals surface area (Å²) in [6.07, 6.45) is 1.22. The maximum absolute atomic E-state index is 11.8. The summed E-state index contributed by atoms with van der Waals surface area (Å²) >= 11 is 1.38. The molecule has 32 heavy (non-hydrogen) atoms. The number of thiazole rings is 1. The van der Waals surface area contributed by atoms with E-state index in [1.54, 1.807) is 31.2 Å². The Morgan fingerprint density at radius 2 is 1.84 bits per heavy atom. The molecular weight excluding hydrogens is 432 g/mol. The number of nitrogens with one attached hydrogen (secondary N) is 2. The van der Waals surface area contributed by atoms with Gasteiger partial charge in [0.25, 0.3) is 0 Å². The molecule has 0 radical (unpaired) electrons. The van der Waals surface area contributed by atoms with Crippen LogP contribution in [0.5, 0.6) is 0 Å². The fraction of sp³-hybridized carbons (Fsp3) is 0.143. The Labute approximate surface area is 186 Å². The van der Waals surface area contributed by atoms with Gasteiger partial charge < -0.3 is 15.4 Å². The van der Waals surface area contributed by atoms with Crippen molar-refractivity contribution in [2.24, 2.45) is 0 Å². The number of benzene rings is 2. The highest BCUT2D eigenvalue weighted by Crippen LogP contribution is 2.35. The molecule has 0 bridgehead atoms. The molecule has 162 valence electrons. The van der Waals surface area contributed by atoms with Gasteiger partial charge in [0.2, 0.25) is 11.6 Å². The first kappa shape index (κ1) is 21.1. The zero-order valence-electron chi connectivity index (χ0n) is 17.2. The third-order valence-corrected chi connectivity index (χ3v) is 5.37. The molecule has 2 aromatic carbocycles. The molecule has 2 N–H and O–H groups in total. The lowest BCUT2D eigenvalue weighted by Gasteiger charge is -2.09. The number of esters is 1. The molecule has 11 heteroatoms. The lowest BCUT2D eigenvalue weighted by molar-refractivity contribution is -0.383. The number of anilines is 4. The van der Waals surface area contributed by atoms with Gasteiger partial charge in [-0.2, -0.15) is 0 Å². The highest BCUT2D eigenvalue weighted by molar-refractivity contribution is 7.22. The average molecular weight is 450 g/mol. The first-order chi connectivity index (χ1) is 15.4. The van der Waals surface area contributed by atoms with Crippen LogP contribution in [0.25, 0.3) is 10.2 Å². The number of fused-ring (bicyclic) bond motifs is 1.